The summed E-state index contributed by atoms with van der Waals surface area (Å²) in [7, 11) is 3.21. The van der Waals surface area contributed by atoms with Crippen LogP contribution in [0.5, 0.6) is 0 Å². The van der Waals surface area contributed by atoms with Crippen molar-refractivity contribution in [1.82, 2.24) is 9.88 Å². The maximum Gasteiger partial charge on any atom is 0.238 e. The topological polar surface area (TPSA) is 54.6 Å². The highest BCUT2D eigenvalue weighted by atomic mass is 35.5. The van der Waals surface area contributed by atoms with Crippen molar-refractivity contribution in [3.8, 4) is 0 Å². The summed E-state index contributed by atoms with van der Waals surface area (Å²) in [6, 6.07) is 8.01. The lowest BCUT2D eigenvalue weighted by Crippen LogP contribution is -2.52. The first-order chi connectivity index (χ1) is 12.7. The molecule has 142 valence electrons. The first kappa shape index (κ1) is 19.2. The molecule has 0 unspecified atom stereocenters. The van der Waals surface area contributed by atoms with E-state index in [2.05, 4.69) is 24.0 Å². The summed E-state index contributed by atoms with van der Waals surface area (Å²) in [5.41, 5.74) is 3.32. The highest BCUT2D eigenvalue weighted by Gasteiger charge is 2.43. The molecule has 3 rings (SSSR count). The average Bonchev–Trinajstić information content (AvgIpc) is 3.04. The van der Waals surface area contributed by atoms with E-state index in [4.69, 9.17) is 21.1 Å². The number of amides is 1. The summed E-state index contributed by atoms with van der Waals surface area (Å²) in [5.74, 6) is -0.129. The largest absolute Gasteiger partial charge is 0.356 e. The fourth-order valence-corrected chi connectivity index (χ4v) is 4.26. The Bertz CT molecular complexity index is 757. The Morgan fingerprint density at radius 2 is 2.08 bits per heavy atom. The molecular weight excluding hydrogens is 352 g/mol. The van der Waals surface area contributed by atoms with E-state index in [0.29, 0.717) is 0 Å². The molecule has 2 atom stereocenters. The van der Waals surface area contributed by atoms with Gasteiger partial charge in [0.15, 0.2) is 6.29 Å². The summed E-state index contributed by atoms with van der Waals surface area (Å²) < 4.78 is 11.2. The number of fused-ring (bicyclic) bond motifs is 3. The fraction of sp³-hybridized carbons (Fsp3) is 0.550. The molecule has 1 aromatic heterocycles. The number of unbranched alkanes of at least 4 members (excludes halogenated alkanes) is 1. The Kier molecular flexibility index (Phi) is 6.22. The number of H-pyrrole nitrogens is 1. The lowest BCUT2D eigenvalue weighted by atomic mass is 9.88. The number of alkyl halides is 1. The van der Waals surface area contributed by atoms with Crippen LogP contribution in [0.25, 0.3) is 10.9 Å². The Labute approximate surface area is 159 Å². The quantitative estimate of drug-likeness (QED) is 0.585. The summed E-state index contributed by atoms with van der Waals surface area (Å²) in [6.07, 6.45) is 3.35. The number of rotatable bonds is 7. The maximum atomic E-state index is 12.8. The van der Waals surface area contributed by atoms with E-state index in [9.17, 15) is 4.79 Å². The zero-order valence-corrected chi connectivity index (χ0v) is 16.4. The van der Waals surface area contributed by atoms with Crippen LogP contribution in [-0.4, -0.2) is 48.2 Å². The lowest BCUT2D eigenvalue weighted by molar-refractivity contribution is -0.171. The van der Waals surface area contributed by atoms with Gasteiger partial charge >= 0.3 is 0 Å². The second kappa shape index (κ2) is 8.42. The van der Waals surface area contributed by atoms with Crippen molar-refractivity contribution in [3.63, 3.8) is 0 Å². The Morgan fingerprint density at radius 3 is 2.73 bits per heavy atom. The standard InChI is InChI=1S/C20H27ClN2O3/c1-4-5-8-13-11-15-14-9-6-7-10-16(14)22-18(15)19(20(25-2)26-3)23(13)17(24)12-21/h6-7,9-10,13,19-20,22H,4-5,8,11-12H2,1-3H3/t13-,19-/m0/s1. The molecule has 5 nitrogen and oxygen atoms in total. The molecule has 0 bridgehead atoms. The highest BCUT2D eigenvalue weighted by Crippen LogP contribution is 2.41. The van der Waals surface area contributed by atoms with Crippen LogP contribution in [0.1, 0.15) is 43.5 Å². The van der Waals surface area contributed by atoms with E-state index in [1.807, 2.05) is 17.0 Å². The van der Waals surface area contributed by atoms with Crippen molar-refractivity contribution in [2.24, 2.45) is 0 Å². The van der Waals surface area contributed by atoms with Gasteiger partial charge in [-0.15, -0.1) is 11.6 Å². The predicted octanol–water partition coefficient (Wildman–Crippen LogP) is 4.01. The number of aromatic nitrogens is 1. The Balaban J connectivity index is 2.15. The third kappa shape index (κ3) is 3.36. The first-order valence-electron chi connectivity index (χ1n) is 9.18. The minimum Gasteiger partial charge on any atom is -0.356 e. The van der Waals surface area contributed by atoms with Crippen molar-refractivity contribution in [2.75, 3.05) is 20.1 Å². The van der Waals surface area contributed by atoms with E-state index in [1.54, 1.807) is 14.2 Å². The molecule has 1 aliphatic heterocycles. The van der Waals surface area contributed by atoms with Crippen molar-refractivity contribution >= 4 is 28.4 Å². The summed E-state index contributed by atoms with van der Waals surface area (Å²) in [6.45, 7) is 2.16. The molecule has 1 aliphatic rings. The van der Waals surface area contributed by atoms with Gasteiger partial charge in [0.2, 0.25) is 5.91 Å². The maximum absolute atomic E-state index is 12.8. The second-order valence-electron chi connectivity index (χ2n) is 6.78. The highest BCUT2D eigenvalue weighted by molar-refractivity contribution is 6.27. The number of halogens is 1. The van der Waals surface area contributed by atoms with E-state index < -0.39 is 6.29 Å². The third-order valence-electron chi connectivity index (χ3n) is 5.29. The Morgan fingerprint density at radius 1 is 1.35 bits per heavy atom. The van der Waals surface area contributed by atoms with Crippen LogP contribution < -0.4 is 0 Å². The molecular formula is C20H27ClN2O3. The molecule has 0 saturated carbocycles. The molecule has 2 aromatic rings. The number of carbonyl (C=O) groups is 1. The van der Waals surface area contributed by atoms with Gasteiger partial charge in [-0.05, 0) is 24.5 Å². The minimum absolute atomic E-state index is 0.0468. The summed E-state index contributed by atoms with van der Waals surface area (Å²) in [5, 5.41) is 1.21. The minimum atomic E-state index is -0.557. The van der Waals surface area contributed by atoms with Crippen LogP contribution in [0.15, 0.2) is 24.3 Å². The molecule has 0 spiro atoms. The molecule has 6 heteroatoms. The molecule has 0 radical (unpaired) electrons. The van der Waals surface area contributed by atoms with Gasteiger partial charge in [-0.3, -0.25) is 4.79 Å². The van der Waals surface area contributed by atoms with Crippen LogP contribution in [0.4, 0.5) is 0 Å². The average molecular weight is 379 g/mol. The second-order valence-corrected chi connectivity index (χ2v) is 7.05. The molecule has 1 amide bonds. The smallest absolute Gasteiger partial charge is 0.238 e. The van der Waals surface area contributed by atoms with Crippen LogP contribution >= 0.6 is 11.6 Å². The number of hydrogen-bond acceptors (Lipinski definition) is 3. The molecule has 1 N–H and O–H groups in total. The van der Waals surface area contributed by atoms with Gasteiger partial charge in [0.05, 0.1) is 0 Å². The van der Waals surface area contributed by atoms with Crippen LogP contribution in [-0.2, 0) is 20.7 Å². The van der Waals surface area contributed by atoms with E-state index in [0.717, 1.165) is 36.9 Å². The van der Waals surface area contributed by atoms with E-state index in [-0.39, 0.29) is 23.9 Å². The number of aromatic amines is 1. The van der Waals surface area contributed by atoms with Crippen molar-refractivity contribution in [2.45, 2.75) is 51.0 Å². The van der Waals surface area contributed by atoms with Gasteiger partial charge in [0.1, 0.15) is 11.9 Å². The number of nitrogens with one attached hydrogen (secondary N) is 1. The van der Waals surface area contributed by atoms with Crippen LogP contribution in [0.2, 0.25) is 0 Å². The number of nitrogens with zero attached hydrogens (tertiary/aromatic N) is 1. The lowest BCUT2D eigenvalue weighted by Gasteiger charge is -2.44. The van der Waals surface area contributed by atoms with Gasteiger partial charge in [-0.2, -0.15) is 0 Å². The Hall–Kier alpha value is -1.56. The normalized spacial score (nSPS) is 20.0. The SMILES string of the molecule is CCCC[C@H]1Cc2c([nH]c3ccccc23)[C@@H](C(OC)OC)N1C(=O)CCl. The van der Waals surface area contributed by atoms with E-state index >= 15 is 0 Å². The molecule has 0 aliphatic carbocycles. The number of para-hydroxylation sites is 1. The van der Waals surface area contributed by atoms with Gasteiger partial charge < -0.3 is 19.4 Å². The fourth-order valence-electron chi connectivity index (χ4n) is 4.12. The number of hydrogen-bond donors (Lipinski definition) is 1. The summed E-state index contributed by atoms with van der Waals surface area (Å²) >= 11 is 5.96. The number of benzene rings is 1. The van der Waals surface area contributed by atoms with Gasteiger partial charge in [-0.25, -0.2) is 0 Å². The van der Waals surface area contributed by atoms with Crippen molar-refractivity contribution < 1.29 is 14.3 Å². The first-order valence-corrected chi connectivity index (χ1v) is 9.71. The number of ether oxygens (including phenoxy) is 2. The predicted molar refractivity (Wildman–Crippen MR) is 103 cm³/mol. The molecule has 1 aromatic carbocycles. The summed E-state index contributed by atoms with van der Waals surface area (Å²) in [4.78, 5) is 18.2. The molecule has 2 heterocycles. The van der Waals surface area contributed by atoms with Crippen LogP contribution in [0.3, 0.4) is 0 Å². The molecule has 0 fully saturated rings. The zero-order valence-electron chi connectivity index (χ0n) is 15.6. The van der Waals surface area contributed by atoms with E-state index in [1.165, 1.54) is 10.9 Å². The van der Waals surface area contributed by atoms with Gasteiger partial charge in [0, 0.05) is 36.9 Å². The van der Waals surface area contributed by atoms with Crippen molar-refractivity contribution in [1.29, 1.82) is 0 Å². The van der Waals surface area contributed by atoms with Gasteiger partial charge in [0.25, 0.3) is 0 Å². The van der Waals surface area contributed by atoms with Crippen molar-refractivity contribution in [3.05, 3.63) is 35.5 Å². The van der Waals surface area contributed by atoms with Gasteiger partial charge in [-0.1, -0.05) is 38.0 Å². The zero-order chi connectivity index (χ0) is 18.7. The number of carbonyl (C=O) groups excluding carboxylic acids is 1. The molecule has 0 saturated heterocycles. The molecule has 26 heavy (non-hydrogen) atoms. The monoisotopic (exact) mass is 378 g/mol. The van der Waals surface area contributed by atoms with Crippen LogP contribution in [0, 0.1) is 0 Å². The number of methoxy groups -OCH3 is 2. The third-order valence-corrected chi connectivity index (χ3v) is 5.52.